The van der Waals surface area contributed by atoms with Crippen LogP contribution in [0.4, 0.5) is 0 Å². The molecule has 1 aromatic heterocycles. The lowest BCUT2D eigenvalue weighted by Crippen LogP contribution is -1.91. The van der Waals surface area contributed by atoms with E-state index in [0.717, 1.165) is 5.92 Å². The minimum atomic E-state index is 0.799. The SMILES string of the molecule is CC(C)CCc1ccc2sccc2c1. The number of rotatable bonds is 3. The topological polar surface area (TPSA) is 0 Å². The standard InChI is InChI=1S/C13H16S/c1-10(2)3-4-11-5-6-13-12(9-11)7-8-14-13/h5-10H,3-4H2,1-2H3. The lowest BCUT2D eigenvalue weighted by atomic mass is 10.0. The van der Waals surface area contributed by atoms with Crippen LogP contribution in [0.15, 0.2) is 29.6 Å². The van der Waals surface area contributed by atoms with E-state index in [9.17, 15) is 0 Å². The maximum atomic E-state index is 2.33. The first-order valence-corrected chi connectivity index (χ1v) is 6.10. The molecule has 2 rings (SSSR count). The van der Waals surface area contributed by atoms with Crippen LogP contribution in [0.25, 0.3) is 10.1 Å². The van der Waals surface area contributed by atoms with Crippen molar-refractivity contribution in [2.24, 2.45) is 5.92 Å². The lowest BCUT2D eigenvalue weighted by molar-refractivity contribution is 0.587. The van der Waals surface area contributed by atoms with Crippen LogP contribution in [0.5, 0.6) is 0 Å². The third-order valence-electron chi connectivity index (χ3n) is 2.53. The van der Waals surface area contributed by atoms with Gasteiger partial charge in [0.15, 0.2) is 0 Å². The number of benzene rings is 1. The molecule has 1 heteroatoms. The zero-order valence-electron chi connectivity index (χ0n) is 8.79. The van der Waals surface area contributed by atoms with Gasteiger partial charge < -0.3 is 0 Å². The first-order valence-electron chi connectivity index (χ1n) is 5.22. The highest BCUT2D eigenvalue weighted by Gasteiger charge is 1.99. The van der Waals surface area contributed by atoms with Crippen molar-refractivity contribution in [2.45, 2.75) is 26.7 Å². The summed E-state index contributed by atoms with van der Waals surface area (Å²) in [5, 5.41) is 3.56. The second kappa shape index (κ2) is 4.14. The van der Waals surface area contributed by atoms with Crippen molar-refractivity contribution in [1.82, 2.24) is 0 Å². The Balaban J connectivity index is 2.17. The molecule has 0 spiro atoms. The predicted molar refractivity (Wildman–Crippen MR) is 65.0 cm³/mol. The van der Waals surface area contributed by atoms with Crippen molar-refractivity contribution < 1.29 is 0 Å². The van der Waals surface area contributed by atoms with Crippen molar-refractivity contribution in [2.75, 3.05) is 0 Å². The second-order valence-corrected chi connectivity index (χ2v) is 5.17. The highest BCUT2D eigenvalue weighted by Crippen LogP contribution is 2.22. The number of thiophene rings is 1. The van der Waals surface area contributed by atoms with Gasteiger partial charge in [-0.15, -0.1) is 11.3 Å². The Morgan fingerprint density at radius 1 is 1.21 bits per heavy atom. The van der Waals surface area contributed by atoms with Crippen LogP contribution in [-0.4, -0.2) is 0 Å². The summed E-state index contributed by atoms with van der Waals surface area (Å²) in [6.45, 7) is 4.56. The monoisotopic (exact) mass is 204 g/mol. The van der Waals surface area contributed by atoms with Crippen molar-refractivity contribution in [1.29, 1.82) is 0 Å². The summed E-state index contributed by atoms with van der Waals surface area (Å²) in [5.74, 6) is 0.799. The van der Waals surface area contributed by atoms with Crippen molar-refractivity contribution in [3.63, 3.8) is 0 Å². The smallest absolute Gasteiger partial charge is 0.0342 e. The Hall–Kier alpha value is -0.820. The molecule has 2 aromatic rings. The Morgan fingerprint density at radius 2 is 2.07 bits per heavy atom. The van der Waals surface area contributed by atoms with E-state index in [1.807, 2.05) is 11.3 Å². The zero-order valence-corrected chi connectivity index (χ0v) is 9.60. The lowest BCUT2D eigenvalue weighted by Gasteiger charge is -2.04. The fraction of sp³-hybridized carbons (Fsp3) is 0.385. The molecule has 0 bridgehead atoms. The van der Waals surface area contributed by atoms with Crippen molar-refractivity contribution in [3.05, 3.63) is 35.2 Å². The molecule has 0 unspecified atom stereocenters. The average molecular weight is 204 g/mol. The summed E-state index contributed by atoms with van der Waals surface area (Å²) in [6.07, 6.45) is 2.50. The van der Waals surface area contributed by atoms with Crippen LogP contribution in [-0.2, 0) is 6.42 Å². The van der Waals surface area contributed by atoms with E-state index in [1.165, 1.54) is 28.5 Å². The molecule has 14 heavy (non-hydrogen) atoms. The van der Waals surface area contributed by atoms with E-state index < -0.39 is 0 Å². The Kier molecular flexibility index (Phi) is 2.87. The number of hydrogen-bond acceptors (Lipinski definition) is 1. The molecule has 0 fully saturated rings. The number of fused-ring (bicyclic) bond motifs is 1. The molecule has 0 aliphatic rings. The van der Waals surface area contributed by atoms with Gasteiger partial charge in [0, 0.05) is 4.70 Å². The van der Waals surface area contributed by atoms with Gasteiger partial charge in [0.2, 0.25) is 0 Å². The van der Waals surface area contributed by atoms with Gasteiger partial charge >= 0.3 is 0 Å². The second-order valence-electron chi connectivity index (χ2n) is 4.23. The summed E-state index contributed by atoms with van der Waals surface area (Å²) >= 11 is 1.82. The van der Waals surface area contributed by atoms with Gasteiger partial charge in [-0.05, 0) is 47.2 Å². The molecular formula is C13H16S. The molecule has 0 saturated heterocycles. The van der Waals surface area contributed by atoms with Crippen LogP contribution in [0.1, 0.15) is 25.8 Å². The van der Waals surface area contributed by atoms with Crippen LogP contribution in [0.2, 0.25) is 0 Å². The molecule has 1 aromatic carbocycles. The van der Waals surface area contributed by atoms with E-state index >= 15 is 0 Å². The van der Waals surface area contributed by atoms with Gasteiger partial charge in [-0.3, -0.25) is 0 Å². The molecule has 0 amide bonds. The van der Waals surface area contributed by atoms with Crippen LogP contribution in [0.3, 0.4) is 0 Å². The third-order valence-corrected chi connectivity index (χ3v) is 3.43. The van der Waals surface area contributed by atoms with Crippen LogP contribution < -0.4 is 0 Å². The van der Waals surface area contributed by atoms with Gasteiger partial charge in [-0.25, -0.2) is 0 Å². The molecular weight excluding hydrogens is 188 g/mol. The fourth-order valence-electron chi connectivity index (χ4n) is 1.63. The van der Waals surface area contributed by atoms with E-state index in [1.54, 1.807) is 0 Å². The van der Waals surface area contributed by atoms with E-state index in [2.05, 4.69) is 43.5 Å². The van der Waals surface area contributed by atoms with Crippen molar-refractivity contribution >= 4 is 21.4 Å². The largest absolute Gasteiger partial charge is 0.144 e. The predicted octanol–water partition coefficient (Wildman–Crippen LogP) is 4.49. The summed E-state index contributed by atoms with van der Waals surface area (Å²) in [6, 6.07) is 9.05. The highest BCUT2D eigenvalue weighted by molar-refractivity contribution is 7.17. The first-order chi connectivity index (χ1) is 6.75. The Bertz CT molecular complexity index is 412. The minimum absolute atomic E-state index is 0.799. The maximum Gasteiger partial charge on any atom is 0.0342 e. The summed E-state index contributed by atoms with van der Waals surface area (Å²) in [7, 11) is 0. The fourth-order valence-corrected chi connectivity index (χ4v) is 2.40. The number of hydrogen-bond donors (Lipinski definition) is 0. The number of aryl methyl sites for hydroxylation is 1. The van der Waals surface area contributed by atoms with Gasteiger partial charge in [0.1, 0.15) is 0 Å². The molecule has 1 heterocycles. The van der Waals surface area contributed by atoms with Gasteiger partial charge in [-0.2, -0.15) is 0 Å². The third kappa shape index (κ3) is 2.16. The quantitative estimate of drug-likeness (QED) is 0.691. The summed E-state index contributed by atoms with van der Waals surface area (Å²) in [4.78, 5) is 0. The molecule has 0 aliphatic carbocycles. The van der Waals surface area contributed by atoms with Crippen molar-refractivity contribution in [3.8, 4) is 0 Å². The highest BCUT2D eigenvalue weighted by atomic mass is 32.1. The van der Waals surface area contributed by atoms with Crippen LogP contribution in [0, 0.1) is 5.92 Å². The Labute approximate surface area is 89.6 Å². The summed E-state index contributed by atoms with van der Waals surface area (Å²) in [5.41, 5.74) is 1.48. The molecule has 0 saturated carbocycles. The zero-order chi connectivity index (χ0) is 9.97. The molecule has 0 atom stereocenters. The first kappa shape index (κ1) is 9.72. The molecule has 0 nitrogen and oxygen atoms in total. The average Bonchev–Trinajstić information content (AvgIpc) is 2.61. The minimum Gasteiger partial charge on any atom is -0.144 e. The van der Waals surface area contributed by atoms with Crippen LogP contribution >= 0.6 is 11.3 Å². The van der Waals surface area contributed by atoms with E-state index in [0.29, 0.717) is 0 Å². The molecule has 74 valence electrons. The Morgan fingerprint density at radius 3 is 2.86 bits per heavy atom. The van der Waals surface area contributed by atoms with Gasteiger partial charge in [0.05, 0.1) is 0 Å². The normalized spacial score (nSPS) is 11.4. The van der Waals surface area contributed by atoms with E-state index in [4.69, 9.17) is 0 Å². The molecule has 0 aliphatic heterocycles. The van der Waals surface area contributed by atoms with Gasteiger partial charge in [-0.1, -0.05) is 26.0 Å². The molecule has 0 N–H and O–H groups in total. The maximum absolute atomic E-state index is 2.33. The van der Waals surface area contributed by atoms with Gasteiger partial charge in [0.25, 0.3) is 0 Å². The molecule has 0 radical (unpaired) electrons. The summed E-state index contributed by atoms with van der Waals surface area (Å²) < 4.78 is 1.40. The van der Waals surface area contributed by atoms with E-state index in [-0.39, 0.29) is 0 Å².